The Morgan fingerprint density at radius 1 is 1.37 bits per heavy atom. The summed E-state index contributed by atoms with van der Waals surface area (Å²) in [5.41, 5.74) is 6.46. The fraction of sp³-hybridized carbons (Fsp3) is 0.500. The zero-order valence-corrected chi connectivity index (χ0v) is 12.1. The Morgan fingerprint density at radius 2 is 2.16 bits per heavy atom. The second-order valence-corrected chi connectivity index (χ2v) is 4.23. The normalized spacial score (nSPS) is 18.8. The minimum atomic E-state index is 0. The fourth-order valence-electron chi connectivity index (χ4n) is 2.15. The first-order chi connectivity index (χ1) is 8.25. The predicted molar refractivity (Wildman–Crippen MR) is 79.4 cm³/mol. The molecular formula is C10H17Cl2N7. The number of nitrogens with zero attached hydrogens (tertiary/aromatic N) is 5. The number of nitrogens with two attached hydrogens (primary N) is 1. The zero-order chi connectivity index (χ0) is 11.8. The third-order valence-electron chi connectivity index (χ3n) is 3.01. The molecular weight excluding hydrogens is 289 g/mol. The molecule has 0 amide bonds. The standard InChI is InChI=1S/C10H15N7.2ClH/c1-7-6-12-4-5-16(7)10-15-9(11)14-8-2-3-13-17(8)10;;/h2-3,7,12H,4-6H2,1H3,(H2,11,14);2*1H/t7-;;/m0../s1. The summed E-state index contributed by atoms with van der Waals surface area (Å²) in [4.78, 5) is 10.7. The second-order valence-electron chi connectivity index (χ2n) is 4.23. The van der Waals surface area contributed by atoms with E-state index in [0.717, 1.165) is 31.2 Å². The second kappa shape index (κ2) is 6.23. The van der Waals surface area contributed by atoms with Gasteiger partial charge in [0.1, 0.15) is 0 Å². The molecule has 3 rings (SSSR count). The molecule has 1 aliphatic rings. The lowest BCUT2D eigenvalue weighted by molar-refractivity contribution is 0.488. The van der Waals surface area contributed by atoms with Crippen LogP contribution in [0.2, 0.25) is 0 Å². The van der Waals surface area contributed by atoms with Gasteiger partial charge in [-0.3, -0.25) is 0 Å². The monoisotopic (exact) mass is 305 g/mol. The van der Waals surface area contributed by atoms with Crippen molar-refractivity contribution in [2.24, 2.45) is 0 Å². The maximum atomic E-state index is 5.73. The molecule has 2 aromatic heterocycles. The predicted octanol–water partition coefficient (Wildman–Crippen LogP) is 0.348. The maximum absolute atomic E-state index is 5.73. The number of halogens is 2. The first-order valence-corrected chi connectivity index (χ1v) is 5.70. The Labute approximate surface area is 123 Å². The first kappa shape index (κ1) is 15.7. The van der Waals surface area contributed by atoms with E-state index in [2.05, 4.69) is 32.2 Å². The number of nitrogens with one attached hydrogen (secondary N) is 1. The van der Waals surface area contributed by atoms with Gasteiger partial charge in [0, 0.05) is 31.7 Å². The van der Waals surface area contributed by atoms with Crippen LogP contribution in [-0.2, 0) is 0 Å². The molecule has 9 heteroatoms. The van der Waals surface area contributed by atoms with Crippen LogP contribution in [0.4, 0.5) is 11.9 Å². The fourth-order valence-corrected chi connectivity index (χ4v) is 2.15. The van der Waals surface area contributed by atoms with Gasteiger partial charge in [0.15, 0.2) is 5.65 Å². The highest BCUT2D eigenvalue weighted by atomic mass is 35.5. The molecule has 3 heterocycles. The number of fused-ring (bicyclic) bond motifs is 1. The van der Waals surface area contributed by atoms with Gasteiger partial charge in [-0.1, -0.05) is 0 Å². The van der Waals surface area contributed by atoms with Crippen molar-refractivity contribution in [1.29, 1.82) is 0 Å². The molecule has 2 aromatic rings. The summed E-state index contributed by atoms with van der Waals surface area (Å²) in [6.45, 7) is 4.93. The molecule has 0 radical (unpaired) electrons. The highest BCUT2D eigenvalue weighted by Crippen LogP contribution is 2.17. The Hall–Kier alpha value is -1.31. The van der Waals surface area contributed by atoms with Gasteiger partial charge in [-0.2, -0.15) is 19.6 Å². The van der Waals surface area contributed by atoms with Gasteiger partial charge in [0.2, 0.25) is 11.9 Å². The number of rotatable bonds is 1. The topological polar surface area (TPSA) is 84.4 Å². The first-order valence-electron chi connectivity index (χ1n) is 5.70. The average molecular weight is 306 g/mol. The number of anilines is 2. The van der Waals surface area contributed by atoms with E-state index in [0.29, 0.717) is 12.0 Å². The van der Waals surface area contributed by atoms with Crippen molar-refractivity contribution >= 4 is 42.4 Å². The van der Waals surface area contributed by atoms with Crippen molar-refractivity contribution in [3.05, 3.63) is 12.3 Å². The number of piperazine rings is 1. The van der Waals surface area contributed by atoms with Crippen molar-refractivity contribution in [2.45, 2.75) is 13.0 Å². The van der Waals surface area contributed by atoms with Crippen LogP contribution in [-0.4, -0.2) is 45.3 Å². The van der Waals surface area contributed by atoms with Crippen molar-refractivity contribution in [2.75, 3.05) is 30.3 Å². The molecule has 3 N–H and O–H groups in total. The van der Waals surface area contributed by atoms with Crippen molar-refractivity contribution in [1.82, 2.24) is 24.9 Å². The molecule has 1 aliphatic heterocycles. The van der Waals surface area contributed by atoms with Crippen molar-refractivity contribution in [3.8, 4) is 0 Å². The number of nitrogen functional groups attached to an aromatic ring is 1. The summed E-state index contributed by atoms with van der Waals surface area (Å²) in [5, 5.41) is 7.59. The van der Waals surface area contributed by atoms with E-state index < -0.39 is 0 Å². The van der Waals surface area contributed by atoms with Gasteiger partial charge in [-0.25, -0.2) is 0 Å². The maximum Gasteiger partial charge on any atom is 0.232 e. The van der Waals surface area contributed by atoms with E-state index in [-0.39, 0.29) is 24.8 Å². The highest BCUT2D eigenvalue weighted by molar-refractivity contribution is 5.85. The molecule has 0 bridgehead atoms. The Kier molecular flexibility index (Phi) is 5.16. The van der Waals surface area contributed by atoms with Crippen LogP contribution in [0, 0.1) is 0 Å². The lowest BCUT2D eigenvalue weighted by Gasteiger charge is -2.34. The number of aromatic nitrogens is 4. The Balaban J connectivity index is 0.000000902. The quantitative estimate of drug-likeness (QED) is 0.791. The molecule has 0 saturated carbocycles. The van der Waals surface area contributed by atoms with E-state index in [1.165, 1.54) is 0 Å². The SMILES string of the molecule is C[C@H]1CNCCN1c1nc(N)nc2ccnn12.Cl.Cl. The smallest absolute Gasteiger partial charge is 0.232 e. The van der Waals surface area contributed by atoms with Crippen LogP contribution in [0.15, 0.2) is 12.3 Å². The summed E-state index contributed by atoms with van der Waals surface area (Å²) >= 11 is 0. The summed E-state index contributed by atoms with van der Waals surface area (Å²) in [5.74, 6) is 1.06. The number of hydrogen-bond donors (Lipinski definition) is 2. The summed E-state index contributed by atoms with van der Waals surface area (Å²) in [7, 11) is 0. The van der Waals surface area contributed by atoms with E-state index in [1.54, 1.807) is 10.7 Å². The molecule has 106 valence electrons. The molecule has 19 heavy (non-hydrogen) atoms. The van der Waals surface area contributed by atoms with Gasteiger partial charge in [0.05, 0.1) is 6.20 Å². The summed E-state index contributed by atoms with van der Waals surface area (Å²) < 4.78 is 1.73. The van der Waals surface area contributed by atoms with Gasteiger partial charge < -0.3 is 16.0 Å². The summed E-state index contributed by atoms with van der Waals surface area (Å²) in [6.07, 6.45) is 1.71. The minimum absolute atomic E-state index is 0. The third kappa shape index (κ3) is 2.83. The Bertz CT molecular complexity index is 544. The minimum Gasteiger partial charge on any atom is -0.368 e. The zero-order valence-electron chi connectivity index (χ0n) is 10.5. The van der Waals surface area contributed by atoms with E-state index >= 15 is 0 Å². The van der Waals surface area contributed by atoms with Gasteiger partial charge >= 0.3 is 0 Å². The molecule has 1 atom stereocenters. The lowest BCUT2D eigenvalue weighted by atomic mass is 10.2. The van der Waals surface area contributed by atoms with E-state index in [1.807, 2.05) is 6.07 Å². The average Bonchev–Trinajstić information content (AvgIpc) is 2.76. The van der Waals surface area contributed by atoms with Gasteiger partial charge in [-0.15, -0.1) is 24.8 Å². The van der Waals surface area contributed by atoms with Crippen LogP contribution >= 0.6 is 24.8 Å². The van der Waals surface area contributed by atoms with Crippen LogP contribution in [0.5, 0.6) is 0 Å². The molecule has 1 saturated heterocycles. The van der Waals surface area contributed by atoms with Crippen LogP contribution < -0.4 is 16.0 Å². The molecule has 0 unspecified atom stereocenters. The largest absolute Gasteiger partial charge is 0.368 e. The third-order valence-corrected chi connectivity index (χ3v) is 3.01. The molecule has 1 fully saturated rings. The van der Waals surface area contributed by atoms with Crippen LogP contribution in [0.1, 0.15) is 6.92 Å². The number of hydrogen-bond acceptors (Lipinski definition) is 6. The van der Waals surface area contributed by atoms with Crippen LogP contribution in [0.3, 0.4) is 0 Å². The lowest BCUT2D eigenvalue weighted by Crippen LogP contribution is -2.51. The van der Waals surface area contributed by atoms with E-state index in [9.17, 15) is 0 Å². The molecule has 0 spiro atoms. The highest BCUT2D eigenvalue weighted by Gasteiger charge is 2.22. The van der Waals surface area contributed by atoms with Crippen molar-refractivity contribution < 1.29 is 0 Å². The van der Waals surface area contributed by atoms with Gasteiger partial charge in [0.25, 0.3) is 0 Å². The van der Waals surface area contributed by atoms with E-state index in [4.69, 9.17) is 5.73 Å². The summed E-state index contributed by atoms with van der Waals surface area (Å²) in [6, 6.07) is 2.19. The molecule has 0 aromatic carbocycles. The van der Waals surface area contributed by atoms with Crippen molar-refractivity contribution in [3.63, 3.8) is 0 Å². The van der Waals surface area contributed by atoms with Crippen LogP contribution in [0.25, 0.3) is 5.65 Å². The molecule has 7 nitrogen and oxygen atoms in total. The molecule has 0 aliphatic carbocycles. The Morgan fingerprint density at radius 3 is 2.89 bits per heavy atom. The van der Waals surface area contributed by atoms with Gasteiger partial charge in [-0.05, 0) is 6.92 Å².